The molecule has 0 aliphatic carbocycles. The van der Waals surface area contributed by atoms with Gasteiger partial charge < -0.3 is 9.64 Å². The van der Waals surface area contributed by atoms with E-state index in [1.807, 2.05) is 24.8 Å². The van der Waals surface area contributed by atoms with Crippen molar-refractivity contribution in [1.29, 1.82) is 5.26 Å². The van der Waals surface area contributed by atoms with Gasteiger partial charge in [0.05, 0.1) is 17.1 Å². The normalized spacial score (nSPS) is 23.2. The number of allylic oxidation sites excluding steroid dienone is 1. The Morgan fingerprint density at radius 1 is 1.32 bits per heavy atom. The number of rotatable bonds is 3. The molecule has 1 fully saturated rings. The Kier molecular flexibility index (Phi) is 5.27. The molecule has 1 aliphatic rings. The number of hydrogen-bond acceptors (Lipinski definition) is 5. The average Bonchev–Trinajstić information content (AvgIpc) is 2.44. The lowest BCUT2D eigenvalue weighted by Crippen LogP contribution is -2.42. The van der Waals surface area contributed by atoms with Crippen molar-refractivity contribution in [2.45, 2.75) is 31.0 Å². The molecule has 0 radical (unpaired) electrons. The lowest BCUT2D eigenvalue weighted by atomic mass is 10.2. The van der Waals surface area contributed by atoms with Gasteiger partial charge in [-0.1, -0.05) is 15.9 Å². The number of halogens is 1. The Morgan fingerprint density at radius 3 is 2.36 bits per heavy atom. The predicted octanol–water partition coefficient (Wildman–Crippen LogP) is 2.70. The number of hydrogen-bond donors (Lipinski definition) is 0. The first-order valence-electron chi connectivity index (χ1n) is 6.85. The number of morpholine rings is 1. The van der Waals surface area contributed by atoms with E-state index in [1.165, 1.54) is 18.3 Å². The summed E-state index contributed by atoms with van der Waals surface area (Å²) in [5.41, 5.74) is 0. The molecule has 1 heterocycles. The summed E-state index contributed by atoms with van der Waals surface area (Å²) in [5, 5.41) is 9.28. The minimum Gasteiger partial charge on any atom is -0.372 e. The predicted molar refractivity (Wildman–Crippen MR) is 86.6 cm³/mol. The fourth-order valence-electron chi connectivity index (χ4n) is 2.39. The standard InChI is InChI=1S/C15H17BrN2O3S/c1-11-8-18(9-12(2)21-11)10-15(7-17)22(19,20)14-5-3-13(16)4-6-14/h3-6,10-12H,8-9H2,1-2H3/b15-10+/t11-,12+. The molecule has 1 saturated heterocycles. The van der Waals surface area contributed by atoms with E-state index in [4.69, 9.17) is 4.74 Å². The summed E-state index contributed by atoms with van der Waals surface area (Å²) in [5.74, 6) is 0. The summed E-state index contributed by atoms with van der Waals surface area (Å²) in [6, 6.07) is 8.05. The molecule has 118 valence electrons. The summed E-state index contributed by atoms with van der Waals surface area (Å²) in [4.78, 5) is 1.68. The van der Waals surface area contributed by atoms with Gasteiger partial charge in [0, 0.05) is 23.8 Å². The van der Waals surface area contributed by atoms with Crippen LogP contribution in [0.15, 0.2) is 44.7 Å². The summed E-state index contributed by atoms with van der Waals surface area (Å²) in [6.07, 6.45) is 1.41. The highest BCUT2D eigenvalue weighted by Crippen LogP contribution is 2.22. The van der Waals surface area contributed by atoms with Crippen LogP contribution in [0.4, 0.5) is 0 Å². The molecular formula is C15H17BrN2O3S. The number of ether oxygens (including phenoxy) is 1. The monoisotopic (exact) mass is 384 g/mol. The molecule has 5 nitrogen and oxygen atoms in total. The maximum atomic E-state index is 12.5. The van der Waals surface area contributed by atoms with Gasteiger partial charge in [-0.2, -0.15) is 5.26 Å². The lowest BCUT2D eigenvalue weighted by Gasteiger charge is -2.34. The molecule has 7 heteroatoms. The molecule has 0 bridgehead atoms. The van der Waals surface area contributed by atoms with Crippen molar-refractivity contribution < 1.29 is 13.2 Å². The van der Waals surface area contributed by atoms with Crippen molar-refractivity contribution in [3.8, 4) is 6.07 Å². The highest BCUT2D eigenvalue weighted by molar-refractivity contribution is 9.10. The molecule has 2 atom stereocenters. The Balaban J connectivity index is 2.32. The van der Waals surface area contributed by atoms with Gasteiger partial charge in [0.1, 0.15) is 6.07 Å². The molecule has 0 amide bonds. The van der Waals surface area contributed by atoms with Gasteiger partial charge in [-0.25, -0.2) is 8.42 Å². The van der Waals surface area contributed by atoms with E-state index in [1.54, 1.807) is 12.1 Å². The first-order valence-corrected chi connectivity index (χ1v) is 9.12. The van der Waals surface area contributed by atoms with E-state index >= 15 is 0 Å². The quantitative estimate of drug-likeness (QED) is 0.749. The minimum atomic E-state index is -3.81. The molecule has 2 rings (SSSR count). The van der Waals surface area contributed by atoms with Crippen LogP contribution in [0.3, 0.4) is 0 Å². The highest BCUT2D eigenvalue weighted by Gasteiger charge is 2.25. The van der Waals surface area contributed by atoms with Crippen LogP contribution in [-0.4, -0.2) is 38.6 Å². The number of nitriles is 1. The Hall–Kier alpha value is -1.36. The molecule has 0 N–H and O–H groups in total. The van der Waals surface area contributed by atoms with E-state index in [0.29, 0.717) is 13.1 Å². The Morgan fingerprint density at radius 2 is 1.86 bits per heavy atom. The summed E-state index contributed by atoms with van der Waals surface area (Å²) < 4.78 is 31.5. The zero-order chi connectivity index (χ0) is 16.3. The minimum absolute atomic E-state index is 0.00433. The number of benzene rings is 1. The third-order valence-electron chi connectivity index (χ3n) is 3.27. The lowest BCUT2D eigenvalue weighted by molar-refractivity contribution is -0.0541. The van der Waals surface area contributed by atoms with Gasteiger partial charge in [0.25, 0.3) is 0 Å². The zero-order valence-corrected chi connectivity index (χ0v) is 14.8. The molecule has 1 aliphatic heterocycles. The summed E-state index contributed by atoms with van der Waals surface area (Å²) in [6.45, 7) is 4.97. The van der Waals surface area contributed by atoms with Crippen molar-refractivity contribution in [2.24, 2.45) is 0 Å². The topological polar surface area (TPSA) is 70.4 Å². The Labute approximate surface area is 139 Å². The fourth-order valence-corrected chi connectivity index (χ4v) is 3.81. The van der Waals surface area contributed by atoms with Crippen LogP contribution in [-0.2, 0) is 14.6 Å². The smallest absolute Gasteiger partial charge is 0.218 e. The van der Waals surface area contributed by atoms with E-state index in [-0.39, 0.29) is 22.0 Å². The summed E-state index contributed by atoms with van der Waals surface area (Å²) >= 11 is 3.26. The second-order valence-corrected chi connectivity index (χ2v) is 8.11. The van der Waals surface area contributed by atoms with Crippen molar-refractivity contribution in [3.63, 3.8) is 0 Å². The van der Waals surface area contributed by atoms with Crippen LogP contribution >= 0.6 is 15.9 Å². The van der Waals surface area contributed by atoms with E-state index in [2.05, 4.69) is 15.9 Å². The van der Waals surface area contributed by atoms with Gasteiger partial charge in [-0.05, 0) is 38.1 Å². The average molecular weight is 385 g/mol. The van der Waals surface area contributed by atoms with Gasteiger partial charge in [0.15, 0.2) is 4.91 Å². The van der Waals surface area contributed by atoms with Gasteiger partial charge in [0.2, 0.25) is 9.84 Å². The third-order valence-corrected chi connectivity index (χ3v) is 5.47. The third kappa shape index (κ3) is 3.88. The molecular weight excluding hydrogens is 368 g/mol. The molecule has 0 saturated carbocycles. The second kappa shape index (κ2) is 6.82. The summed E-state index contributed by atoms with van der Waals surface area (Å²) in [7, 11) is -3.81. The van der Waals surface area contributed by atoms with Crippen molar-refractivity contribution >= 4 is 25.8 Å². The van der Waals surface area contributed by atoms with Crippen molar-refractivity contribution in [1.82, 2.24) is 4.90 Å². The van der Waals surface area contributed by atoms with E-state index in [0.717, 1.165) is 4.47 Å². The van der Waals surface area contributed by atoms with Crippen LogP contribution in [0.25, 0.3) is 0 Å². The SMILES string of the molecule is C[C@@H]1CN(/C=C(\C#N)S(=O)(=O)c2ccc(Br)cc2)C[C@H](C)O1. The number of nitrogens with zero attached hydrogens (tertiary/aromatic N) is 2. The van der Waals surface area contributed by atoms with Crippen LogP contribution in [0.5, 0.6) is 0 Å². The first-order chi connectivity index (χ1) is 10.3. The molecule has 0 aromatic heterocycles. The molecule has 0 unspecified atom stereocenters. The van der Waals surface area contributed by atoms with Crippen LogP contribution < -0.4 is 0 Å². The second-order valence-electron chi connectivity index (χ2n) is 5.27. The molecule has 22 heavy (non-hydrogen) atoms. The molecule has 0 spiro atoms. The maximum absolute atomic E-state index is 12.5. The van der Waals surface area contributed by atoms with E-state index in [9.17, 15) is 13.7 Å². The highest BCUT2D eigenvalue weighted by atomic mass is 79.9. The fraction of sp³-hybridized carbons (Fsp3) is 0.400. The number of sulfone groups is 1. The molecule has 1 aromatic rings. The van der Waals surface area contributed by atoms with Gasteiger partial charge in [-0.15, -0.1) is 0 Å². The van der Waals surface area contributed by atoms with E-state index < -0.39 is 9.84 Å². The van der Waals surface area contributed by atoms with Crippen LogP contribution in [0, 0.1) is 11.3 Å². The van der Waals surface area contributed by atoms with Crippen molar-refractivity contribution in [2.75, 3.05) is 13.1 Å². The van der Waals surface area contributed by atoms with Gasteiger partial charge in [-0.3, -0.25) is 0 Å². The first kappa shape index (κ1) is 17.0. The van der Waals surface area contributed by atoms with Crippen molar-refractivity contribution in [3.05, 3.63) is 39.8 Å². The Bertz CT molecular complexity index is 697. The molecule has 1 aromatic carbocycles. The van der Waals surface area contributed by atoms with Crippen LogP contribution in [0.1, 0.15) is 13.8 Å². The maximum Gasteiger partial charge on any atom is 0.218 e. The largest absolute Gasteiger partial charge is 0.372 e. The zero-order valence-electron chi connectivity index (χ0n) is 12.4. The van der Waals surface area contributed by atoms with Gasteiger partial charge >= 0.3 is 0 Å². The van der Waals surface area contributed by atoms with Crippen LogP contribution in [0.2, 0.25) is 0 Å².